The summed E-state index contributed by atoms with van der Waals surface area (Å²) >= 11 is 0. The molecule has 4 heteroatoms. The molecule has 0 bridgehead atoms. The maximum atomic E-state index is 5.57. The van der Waals surface area contributed by atoms with Crippen molar-refractivity contribution in [2.45, 2.75) is 71.3 Å². The first-order chi connectivity index (χ1) is 15.5. The first-order valence-corrected chi connectivity index (χ1v) is 12.4. The van der Waals surface area contributed by atoms with Gasteiger partial charge < -0.3 is 14.6 Å². The van der Waals surface area contributed by atoms with E-state index in [9.17, 15) is 0 Å². The van der Waals surface area contributed by atoms with Crippen molar-refractivity contribution in [1.29, 1.82) is 0 Å². The van der Waals surface area contributed by atoms with Gasteiger partial charge in [-0.25, -0.2) is 0 Å². The summed E-state index contributed by atoms with van der Waals surface area (Å²) in [6.45, 7) is 13.2. The second-order valence-electron chi connectivity index (χ2n) is 10.1. The highest BCUT2D eigenvalue weighted by atomic mass is 16.5. The van der Waals surface area contributed by atoms with Crippen LogP contribution in [0.5, 0.6) is 0 Å². The zero-order valence-electron chi connectivity index (χ0n) is 20.1. The van der Waals surface area contributed by atoms with Crippen molar-refractivity contribution >= 4 is 10.9 Å². The van der Waals surface area contributed by atoms with Crippen LogP contribution >= 0.6 is 0 Å². The van der Waals surface area contributed by atoms with Gasteiger partial charge in [0, 0.05) is 47.6 Å². The van der Waals surface area contributed by atoms with E-state index in [1.807, 2.05) is 6.20 Å². The number of ether oxygens (including phenoxy) is 1. The molecule has 0 spiro atoms. The van der Waals surface area contributed by atoms with E-state index in [0.717, 1.165) is 24.9 Å². The molecule has 0 amide bonds. The summed E-state index contributed by atoms with van der Waals surface area (Å²) in [7, 11) is 0. The number of hydrogen-bond donors (Lipinski definition) is 1. The third kappa shape index (κ3) is 3.99. The quantitative estimate of drug-likeness (QED) is 0.525. The van der Waals surface area contributed by atoms with Crippen LogP contribution < -0.4 is 0 Å². The predicted molar refractivity (Wildman–Crippen MR) is 132 cm³/mol. The van der Waals surface area contributed by atoms with Gasteiger partial charge in [-0.05, 0) is 99.3 Å². The van der Waals surface area contributed by atoms with Crippen molar-refractivity contribution in [2.75, 3.05) is 26.3 Å². The molecular weight excluding hydrogens is 394 g/mol. The number of fused-ring (bicyclic) bond motifs is 1. The third-order valence-corrected chi connectivity index (χ3v) is 7.87. The van der Waals surface area contributed by atoms with E-state index in [0.29, 0.717) is 11.8 Å². The molecule has 0 saturated carbocycles. The lowest BCUT2D eigenvalue weighted by atomic mass is 9.86. The number of aromatic nitrogens is 2. The van der Waals surface area contributed by atoms with Gasteiger partial charge >= 0.3 is 0 Å². The van der Waals surface area contributed by atoms with Crippen molar-refractivity contribution in [1.82, 2.24) is 14.9 Å². The molecule has 0 aliphatic carbocycles. The molecule has 2 aliphatic rings. The Morgan fingerprint density at radius 3 is 2.50 bits per heavy atom. The summed E-state index contributed by atoms with van der Waals surface area (Å²) in [5.41, 5.74) is 9.12. The SMILES string of the molecule is Cc1nccc(-c2[nH]c3ccc(C4CCN(C5CCOCC5)CC4)cc3c2C(C)C)c1C. The van der Waals surface area contributed by atoms with Gasteiger partial charge in [0.2, 0.25) is 0 Å². The molecule has 1 aromatic carbocycles. The van der Waals surface area contributed by atoms with Crippen molar-refractivity contribution < 1.29 is 4.74 Å². The van der Waals surface area contributed by atoms with Crippen LogP contribution in [-0.2, 0) is 4.74 Å². The normalized spacial score (nSPS) is 19.3. The fourth-order valence-electron chi connectivity index (χ4n) is 5.86. The minimum Gasteiger partial charge on any atom is -0.381 e. The van der Waals surface area contributed by atoms with Crippen LogP contribution in [0.25, 0.3) is 22.2 Å². The zero-order chi connectivity index (χ0) is 22.2. The van der Waals surface area contributed by atoms with Crippen molar-refractivity contribution in [3.8, 4) is 11.3 Å². The Morgan fingerprint density at radius 2 is 1.78 bits per heavy atom. The highest BCUT2D eigenvalue weighted by Crippen LogP contribution is 2.39. The van der Waals surface area contributed by atoms with Gasteiger partial charge in [0.05, 0.1) is 5.69 Å². The number of benzene rings is 1. The molecular formula is C28H37N3O. The van der Waals surface area contributed by atoms with Crippen LogP contribution in [0.15, 0.2) is 30.5 Å². The maximum absolute atomic E-state index is 5.57. The molecule has 170 valence electrons. The lowest BCUT2D eigenvalue weighted by Crippen LogP contribution is -2.43. The minimum absolute atomic E-state index is 0.456. The summed E-state index contributed by atoms with van der Waals surface area (Å²) in [6.07, 6.45) is 6.87. The van der Waals surface area contributed by atoms with E-state index in [2.05, 4.69) is 66.8 Å². The molecule has 3 aromatic rings. The molecule has 2 aromatic heterocycles. The Bertz CT molecular complexity index is 1090. The average Bonchev–Trinajstić information content (AvgIpc) is 3.20. The topological polar surface area (TPSA) is 41.2 Å². The van der Waals surface area contributed by atoms with Crippen LogP contribution in [0.4, 0.5) is 0 Å². The Morgan fingerprint density at radius 1 is 1.03 bits per heavy atom. The third-order valence-electron chi connectivity index (χ3n) is 7.87. The molecule has 0 unspecified atom stereocenters. The van der Waals surface area contributed by atoms with Crippen LogP contribution in [0.2, 0.25) is 0 Å². The zero-order valence-corrected chi connectivity index (χ0v) is 20.1. The van der Waals surface area contributed by atoms with Crippen LogP contribution in [-0.4, -0.2) is 47.2 Å². The van der Waals surface area contributed by atoms with Crippen LogP contribution in [0.3, 0.4) is 0 Å². The molecule has 4 nitrogen and oxygen atoms in total. The summed E-state index contributed by atoms with van der Waals surface area (Å²) in [4.78, 5) is 11.0. The fourth-order valence-corrected chi connectivity index (χ4v) is 5.86. The van der Waals surface area contributed by atoms with Crippen molar-refractivity contribution in [3.63, 3.8) is 0 Å². The smallest absolute Gasteiger partial charge is 0.0503 e. The van der Waals surface area contributed by atoms with E-state index in [1.54, 1.807) is 0 Å². The molecule has 5 rings (SSSR count). The van der Waals surface area contributed by atoms with Gasteiger partial charge in [-0.3, -0.25) is 4.98 Å². The molecule has 2 aliphatic heterocycles. The number of aromatic amines is 1. The maximum Gasteiger partial charge on any atom is 0.0503 e. The number of pyridine rings is 1. The molecule has 0 atom stereocenters. The van der Waals surface area contributed by atoms with E-state index < -0.39 is 0 Å². The molecule has 32 heavy (non-hydrogen) atoms. The van der Waals surface area contributed by atoms with E-state index >= 15 is 0 Å². The largest absolute Gasteiger partial charge is 0.381 e. The van der Waals surface area contributed by atoms with Crippen LogP contribution in [0.1, 0.15) is 73.8 Å². The fraction of sp³-hybridized carbons (Fsp3) is 0.536. The Balaban J connectivity index is 1.44. The van der Waals surface area contributed by atoms with Gasteiger partial charge in [0.1, 0.15) is 0 Å². The molecule has 4 heterocycles. The van der Waals surface area contributed by atoms with Crippen molar-refractivity contribution in [2.24, 2.45) is 0 Å². The van der Waals surface area contributed by atoms with Crippen LogP contribution in [0, 0.1) is 13.8 Å². The molecule has 2 fully saturated rings. The number of rotatable bonds is 4. The second kappa shape index (κ2) is 8.99. The van der Waals surface area contributed by atoms with E-state index in [1.165, 1.54) is 77.6 Å². The Labute approximate surface area is 192 Å². The number of likely N-dealkylation sites (tertiary alicyclic amines) is 1. The predicted octanol–water partition coefficient (Wildman–Crippen LogP) is 6.33. The Hall–Kier alpha value is -2.17. The van der Waals surface area contributed by atoms with Crippen molar-refractivity contribution in [3.05, 3.63) is 52.8 Å². The van der Waals surface area contributed by atoms with Gasteiger partial charge in [0.15, 0.2) is 0 Å². The number of hydrogen-bond acceptors (Lipinski definition) is 3. The summed E-state index contributed by atoms with van der Waals surface area (Å²) < 4.78 is 5.57. The lowest BCUT2D eigenvalue weighted by Gasteiger charge is -2.39. The van der Waals surface area contributed by atoms with Gasteiger partial charge in [0.25, 0.3) is 0 Å². The average molecular weight is 432 g/mol. The first kappa shape index (κ1) is 21.7. The highest BCUT2D eigenvalue weighted by Gasteiger charge is 2.28. The standard InChI is InChI=1S/C28H37N3O/c1-18(2)27-25-17-22(21-8-13-31(14-9-21)23-10-15-32-16-11-23)5-6-26(25)30-28(27)24-7-12-29-20(4)19(24)3/h5-7,12,17-18,21,23,30H,8-11,13-16H2,1-4H3. The number of piperidine rings is 1. The van der Waals surface area contributed by atoms with E-state index in [-0.39, 0.29) is 0 Å². The lowest BCUT2D eigenvalue weighted by molar-refractivity contribution is 0.0252. The first-order valence-electron chi connectivity index (χ1n) is 12.4. The van der Waals surface area contributed by atoms with Gasteiger partial charge in [-0.2, -0.15) is 0 Å². The minimum atomic E-state index is 0.456. The number of H-pyrrole nitrogens is 1. The monoisotopic (exact) mass is 431 g/mol. The second-order valence-corrected chi connectivity index (χ2v) is 10.1. The number of nitrogens with one attached hydrogen (secondary N) is 1. The number of nitrogens with zero attached hydrogens (tertiary/aromatic N) is 2. The molecule has 1 N–H and O–H groups in total. The van der Waals surface area contributed by atoms with Gasteiger partial charge in [-0.1, -0.05) is 19.9 Å². The Kier molecular flexibility index (Phi) is 6.09. The summed E-state index contributed by atoms with van der Waals surface area (Å²) in [5.74, 6) is 1.12. The summed E-state index contributed by atoms with van der Waals surface area (Å²) in [6, 6.07) is 10.1. The molecule has 2 saturated heterocycles. The molecule has 0 radical (unpaired) electrons. The number of aryl methyl sites for hydroxylation is 1. The highest BCUT2D eigenvalue weighted by molar-refractivity contribution is 5.92. The van der Waals surface area contributed by atoms with Gasteiger partial charge in [-0.15, -0.1) is 0 Å². The summed E-state index contributed by atoms with van der Waals surface area (Å²) in [5, 5.41) is 1.40. The van der Waals surface area contributed by atoms with E-state index in [4.69, 9.17) is 4.74 Å².